The van der Waals surface area contributed by atoms with Gasteiger partial charge < -0.3 is 20.8 Å². The van der Waals surface area contributed by atoms with Crippen LogP contribution in [-0.4, -0.2) is 62.6 Å². The molecule has 0 fully saturated rings. The van der Waals surface area contributed by atoms with Gasteiger partial charge in [-0.25, -0.2) is 22.7 Å². The number of aliphatic hydroxyl groups excluding tert-OH is 1. The van der Waals surface area contributed by atoms with Crippen molar-refractivity contribution in [2.45, 2.75) is 12.5 Å². The molecular formula is C8H17N3O6S. The van der Waals surface area contributed by atoms with Gasteiger partial charge >= 0.3 is 12.0 Å². The third-order valence-electron chi connectivity index (χ3n) is 1.74. The number of urea groups is 1. The number of carboxylic acids is 1. The molecule has 0 rings (SSSR count). The standard InChI is InChI=1S/C8H17N3O6S/c1-18(16,17)11-4-2-3-9-8(15)10-5-6(12)7(13)14/h6,11-12H,2-5H2,1H3,(H,13,14)(H2,9,10,15). The second kappa shape index (κ2) is 7.84. The van der Waals surface area contributed by atoms with Crippen molar-refractivity contribution >= 4 is 22.0 Å². The predicted octanol–water partition coefficient (Wildman–Crippen LogP) is -2.33. The summed E-state index contributed by atoms with van der Waals surface area (Å²) >= 11 is 0. The van der Waals surface area contributed by atoms with E-state index in [0.29, 0.717) is 6.42 Å². The molecule has 1 unspecified atom stereocenters. The number of carbonyl (C=O) groups excluding carboxylic acids is 1. The second-order valence-corrected chi connectivity index (χ2v) is 5.34. The molecule has 5 N–H and O–H groups in total. The summed E-state index contributed by atoms with van der Waals surface area (Å²) in [6, 6.07) is -0.630. The minimum atomic E-state index is -3.23. The summed E-state index contributed by atoms with van der Waals surface area (Å²) in [6.07, 6.45) is -0.231. The zero-order chi connectivity index (χ0) is 14.2. The number of sulfonamides is 1. The van der Waals surface area contributed by atoms with Crippen LogP contribution in [0.2, 0.25) is 0 Å². The summed E-state index contributed by atoms with van der Waals surface area (Å²) in [4.78, 5) is 21.3. The molecule has 1 atom stereocenters. The largest absolute Gasteiger partial charge is 0.479 e. The molecule has 0 radical (unpaired) electrons. The first-order valence-electron chi connectivity index (χ1n) is 5.09. The lowest BCUT2D eigenvalue weighted by molar-refractivity contribution is -0.146. The van der Waals surface area contributed by atoms with E-state index in [4.69, 9.17) is 10.2 Å². The Morgan fingerprint density at radius 3 is 2.33 bits per heavy atom. The fraction of sp³-hybridized carbons (Fsp3) is 0.750. The molecule has 106 valence electrons. The highest BCUT2D eigenvalue weighted by molar-refractivity contribution is 7.88. The van der Waals surface area contributed by atoms with Crippen molar-refractivity contribution in [3.63, 3.8) is 0 Å². The Morgan fingerprint density at radius 2 is 1.83 bits per heavy atom. The third-order valence-corrected chi connectivity index (χ3v) is 2.47. The average molecular weight is 283 g/mol. The lowest BCUT2D eigenvalue weighted by atomic mass is 10.3. The van der Waals surface area contributed by atoms with Crippen LogP contribution in [0.1, 0.15) is 6.42 Å². The minimum Gasteiger partial charge on any atom is -0.479 e. The normalized spacial score (nSPS) is 12.8. The first-order valence-corrected chi connectivity index (χ1v) is 6.98. The highest BCUT2D eigenvalue weighted by atomic mass is 32.2. The minimum absolute atomic E-state index is 0.191. The molecule has 0 aromatic heterocycles. The van der Waals surface area contributed by atoms with E-state index in [0.717, 1.165) is 6.26 Å². The van der Waals surface area contributed by atoms with Gasteiger partial charge in [0.2, 0.25) is 10.0 Å². The van der Waals surface area contributed by atoms with Crippen molar-refractivity contribution in [3.05, 3.63) is 0 Å². The van der Waals surface area contributed by atoms with Crippen LogP contribution in [0, 0.1) is 0 Å². The Bertz CT molecular complexity index is 382. The van der Waals surface area contributed by atoms with Crippen LogP contribution in [0.15, 0.2) is 0 Å². The van der Waals surface area contributed by atoms with Gasteiger partial charge in [-0.05, 0) is 6.42 Å². The Kier molecular flexibility index (Phi) is 7.24. The van der Waals surface area contributed by atoms with Crippen LogP contribution in [0.5, 0.6) is 0 Å². The van der Waals surface area contributed by atoms with Gasteiger partial charge in [0.1, 0.15) is 0 Å². The zero-order valence-electron chi connectivity index (χ0n) is 9.84. The number of hydrogen-bond acceptors (Lipinski definition) is 5. The smallest absolute Gasteiger partial charge is 0.334 e. The van der Waals surface area contributed by atoms with Crippen molar-refractivity contribution in [2.75, 3.05) is 25.9 Å². The van der Waals surface area contributed by atoms with Gasteiger partial charge in [0.15, 0.2) is 6.10 Å². The molecule has 9 nitrogen and oxygen atoms in total. The second-order valence-electron chi connectivity index (χ2n) is 3.51. The van der Waals surface area contributed by atoms with Crippen molar-refractivity contribution in [2.24, 2.45) is 0 Å². The average Bonchev–Trinajstić information content (AvgIpc) is 2.23. The van der Waals surface area contributed by atoms with E-state index in [2.05, 4.69) is 15.4 Å². The number of aliphatic carboxylic acids is 1. The van der Waals surface area contributed by atoms with E-state index in [9.17, 15) is 18.0 Å². The van der Waals surface area contributed by atoms with Gasteiger partial charge in [0, 0.05) is 13.1 Å². The van der Waals surface area contributed by atoms with Crippen molar-refractivity contribution in [1.82, 2.24) is 15.4 Å². The molecule has 0 heterocycles. The lowest BCUT2D eigenvalue weighted by Crippen LogP contribution is -2.42. The zero-order valence-corrected chi connectivity index (χ0v) is 10.7. The van der Waals surface area contributed by atoms with Crippen molar-refractivity contribution < 1.29 is 28.2 Å². The lowest BCUT2D eigenvalue weighted by Gasteiger charge is -2.09. The van der Waals surface area contributed by atoms with E-state index < -0.39 is 34.7 Å². The first kappa shape index (κ1) is 16.6. The molecule has 0 aliphatic heterocycles. The summed E-state index contributed by atoms with van der Waals surface area (Å²) in [5, 5.41) is 21.7. The maximum atomic E-state index is 11.1. The molecule has 0 bridgehead atoms. The highest BCUT2D eigenvalue weighted by Gasteiger charge is 2.13. The Labute approximate surface area is 105 Å². The third kappa shape index (κ3) is 9.81. The number of nitrogens with one attached hydrogen (secondary N) is 3. The van der Waals surface area contributed by atoms with Crippen LogP contribution in [0.3, 0.4) is 0 Å². The van der Waals surface area contributed by atoms with E-state index in [1.807, 2.05) is 0 Å². The molecule has 0 aromatic rings. The molecule has 0 aliphatic rings. The van der Waals surface area contributed by atoms with E-state index >= 15 is 0 Å². The summed E-state index contributed by atoms with van der Waals surface area (Å²) < 4.78 is 23.6. The Balaban J connectivity index is 3.57. The van der Waals surface area contributed by atoms with E-state index in [1.54, 1.807) is 0 Å². The van der Waals surface area contributed by atoms with Gasteiger partial charge in [-0.3, -0.25) is 0 Å². The molecule has 0 aromatic carbocycles. The van der Waals surface area contributed by atoms with Crippen molar-refractivity contribution in [1.29, 1.82) is 0 Å². The molecule has 10 heteroatoms. The summed E-state index contributed by atoms with van der Waals surface area (Å²) in [5.41, 5.74) is 0. The predicted molar refractivity (Wildman–Crippen MR) is 62.5 cm³/mol. The first-order chi connectivity index (χ1) is 8.22. The molecule has 0 saturated heterocycles. The molecule has 0 spiro atoms. The van der Waals surface area contributed by atoms with E-state index in [-0.39, 0.29) is 13.1 Å². The number of amides is 2. The number of rotatable bonds is 8. The monoisotopic (exact) mass is 283 g/mol. The molecule has 0 aliphatic carbocycles. The maximum absolute atomic E-state index is 11.1. The fourth-order valence-corrected chi connectivity index (χ4v) is 1.40. The van der Waals surface area contributed by atoms with Gasteiger partial charge in [0.05, 0.1) is 12.8 Å². The van der Waals surface area contributed by atoms with Crippen LogP contribution < -0.4 is 15.4 Å². The maximum Gasteiger partial charge on any atom is 0.334 e. The van der Waals surface area contributed by atoms with E-state index in [1.165, 1.54) is 0 Å². The van der Waals surface area contributed by atoms with Gasteiger partial charge in [0.25, 0.3) is 0 Å². The SMILES string of the molecule is CS(=O)(=O)NCCCNC(=O)NCC(O)C(=O)O. The molecule has 0 saturated carbocycles. The van der Waals surface area contributed by atoms with Gasteiger partial charge in [-0.15, -0.1) is 0 Å². The Hall–Kier alpha value is -1.39. The van der Waals surface area contributed by atoms with Gasteiger partial charge in [-0.2, -0.15) is 0 Å². The molecule has 2 amide bonds. The van der Waals surface area contributed by atoms with Crippen LogP contribution in [0.4, 0.5) is 4.79 Å². The van der Waals surface area contributed by atoms with Crippen LogP contribution >= 0.6 is 0 Å². The highest BCUT2D eigenvalue weighted by Crippen LogP contribution is 1.81. The number of hydrogen-bond donors (Lipinski definition) is 5. The number of aliphatic hydroxyl groups is 1. The molecular weight excluding hydrogens is 266 g/mol. The Morgan fingerprint density at radius 1 is 1.22 bits per heavy atom. The number of carbonyl (C=O) groups is 2. The van der Waals surface area contributed by atoms with Crippen molar-refractivity contribution in [3.8, 4) is 0 Å². The summed E-state index contributed by atoms with van der Waals surface area (Å²) in [5.74, 6) is -1.42. The topological polar surface area (TPSA) is 145 Å². The van der Waals surface area contributed by atoms with Crippen LogP contribution in [0.25, 0.3) is 0 Å². The summed E-state index contributed by atoms with van der Waals surface area (Å²) in [6.45, 7) is 0.0111. The fourth-order valence-electron chi connectivity index (χ4n) is 0.887. The quantitative estimate of drug-likeness (QED) is 0.316. The summed E-state index contributed by atoms with van der Waals surface area (Å²) in [7, 11) is -3.23. The van der Waals surface area contributed by atoms with Crippen LogP contribution in [-0.2, 0) is 14.8 Å². The molecule has 18 heavy (non-hydrogen) atoms. The number of carboxylic acid groups (broad SMARTS) is 1. The van der Waals surface area contributed by atoms with Gasteiger partial charge in [-0.1, -0.05) is 0 Å².